The third-order valence-electron chi connectivity index (χ3n) is 5.67. The molecular formula is C27H27N3O2. The van der Waals surface area contributed by atoms with Gasteiger partial charge in [-0.25, -0.2) is 0 Å². The quantitative estimate of drug-likeness (QED) is 0.435. The van der Waals surface area contributed by atoms with Gasteiger partial charge in [-0.3, -0.25) is 9.59 Å². The van der Waals surface area contributed by atoms with Crippen molar-refractivity contribution in [3.8, 4) is 0 Å². The van der Waals surface area contributed by atoms with Crippen molar-refractivity contribution in [3.63, 3.8) is 0 Å². The number of nitrogens with one attached hydrogen (secondary N) is 1. The van der Waals surface area contributed by atoms with Crippen molar-refractivity contribution < 1.29 is 9.59 Å². The molecule has 4 rings (SSSR count). The zero-order chi connectivity index (χ0) is 22.7. The van der Waals surface area contributed by atoms with Crippen molar-refractivity contribution in [3.05, 3.63) is 107 Å². The average Bonchev–Trinajstić information content (AvgIpc) is 3.19. The molecule has 0 saturated carbocycles. The minimum atomic E-state index is -0.503. The number of aromatic amines is 1. The number of hydrogen-bond donors (Lipinski definition) is 2. The minimum absolute atomic E-state index is 0.0330. The second-order valence-corrected chi connectivity index (χ2v) is 8.27. The highest BCUT2D eigenvalue weighted by molar-refractivity contribution is 5.95. The van der Waals surface area contributed by atoms with Gasteiger partial charge in [0.05, 0.1) is 12.5 Å². The normalized spacial score (nSPS) is 11.9. The molecule has 4 aromatic rings. The van der Waals surface area contributed by atoms with E-state index in [1.54, 1.807) is 17.0 Å². The summed E-state index contributed by atoms with van der Waals surface area (Å²) in [6.07, 6.45) is 1.91. The highest BCUT2D eigenvalue weighted by Gasteiger charge is 2.29. The summed E-state index contributed by atoms with van der Waals surface area (Å²) in [6, 6.07) is 22.8. The van der Waals surface area contributed by atoms with Crippen molar-refractivity contribution in [1.29, 1.82) is 0 Å². The predicted octanol–water partition coefficient (Wildman–Crippen LogP) is 5.04. The number of amides is 2. The maximum absolute atomic E-state index is 13.7. The molecule has 1 heterocycles. The monoisotopic (exact) mass is 425 g/mol. The standard InChI is InChI=1S/C27H27N3O2/c1-18-12-19(2)14-20(13-18)17-30(27(32)21-8-4-3-5-9-21)25(15-26(28)31)23-16-29-24-11-7-6-10-22(23)24/h3-14,16,25,29H,15,17H2,1-2H3,(H2,28,31). The smallest absolute Gasteiger partial charge is 0.254 e. The van der Waals surface area contributed by atoms with Gasteiger partial charge in [-0.2, -0.15) is 0 Å². The lowest BCUT2D eigenvalue weighted by Gasteiger charge is -2.32. The molecule has 0 saturated heterocycles. The maximum Gasteiger partial charge on any atom is 0.254 e. The van der Waals surface area contributed by atoms with Crippen molar-refractivity contribution in [2.75, 3.05) is 0 Å². The molecule has 0 aliphatic heterocycles. The number of nitrogens with two attached hydrogens (primary N) is 1. The van der Waals surface area contributed by atoms with Crippen molar-refractivity contribution in [2.45, 2.75) is 32.9 Å². The first-order valence-electron chi connectivity index (χ1n) is 10.7. The number of primary amides is 1. The fraction of sp³-hybridized carbons (Fsp3) is 0.185. The summed E-state index contributed by atoms with van der Waals surface area (Å²) in [5, 5.41) is 0.977. The molecule has 0 spiro atoms. The van der Waals surface area contributed by atoms with E-state index >= 15 is 0 Å². The summed E-state index contributed by atoms with van der Waals surface area (Å²) in [7, 11) is 0. The molecule has 3 aromatic carbocycles. The van der Waals surface area contributed by atoms with Gasteiger partial charge in [0.1, 0.15) is 0 Å². The number of carbonyl (C=O) groups excluding carboxylic acids is 2. The van der Waals surface area contributed by atoms with Crippen molar-refractivity contribution in [1.82, 2.24) is 9.88 Å². The first-order chi connectivity index (χ1) is 15.4. The van der Waals surface area contributed by atoms with Crippen LogP contribution in [0.1, 0.15) is 45.1 Å². The predicted molar refractivity (Wildman–Crippen MR) is 127 cm³/mol. The molecule has 1 atom stereocenters. The number of benzene rings is 3. The lowest BCUT2D eigenvalue weighted by Crippen LogP contribution is -2.36. The van der Waals surface area contributed by atoms with E-state index in [0.29, 0.717) is 12.1 Å². The highest BCUT2D eigenvalue weighted by Crippen LogP contribution is 2.33. The van der Waals surface area contributed by atoms with E-state index < -0.39 is 11.9 Å². The van der Waals surface area contributed by atoms with Gasteiger partial charge in [-0.15, -0.1) is 0 Å². The van der Waals surface area contributed by atoms with Crippen LogP contribution in [-0.2, 0) is 11.3 Å². The summed E-state index contributed by atoms with van der Waals surface area (Å²) < 4.78 is 0. The second-order valence-electron chi connectivity index (χ2n) is 8.27. The van der Waals surface area contributed by atoms with Gasteiger partial charge in [0.15, 0.2) is 0 Å². The molecule has 1 aromatic heterocycles. The Morgan fingerprint density at radius 3 is 2.28 bits per heavy atom. The minimum Gasteiger partial charge on any atom is -0.370 e. The molecule has 3 N–H and O–H groups in total. The third-order valence-corrected chi connectivity index (χ3v) is 5.67. The summed E-state index contributed by atoms with van der Waals surface area (Å²) in [4.78, 5) is 30.9. The zero-order valence-corrected chi connectivity index (χ0v) is 18.3. The molecule has 5 nitrogen and oxygen atoms in total. The number of H-pyrrole nitrogens is 1. The molecule has 0 fully saturated rings. The van der Waals surface area contributed by atoms with Gasteiger partial charge in [0, 0.05) is 34.8 Å². The number of aromatic nitrogens is 1. The van der Waals surface area contributed by atoms with E-state index in [0.717, 1.165) is 33.2 Å². The first kappa shape index (κ1) is 21.4. The molecule has 0 aliphatic carbocycles. The molecule has 32 heavy (non-hydrogen) atoms. The fourth-order valence-electron chi connectivity index (χ4n) is 4.38. The van der Waals surface area contributed by atoms with E-state index in [1.807, 2.05) is 62.5 Å². The van der Waals surface area contributed by atoms with Crippen molar-refractivity contribution >= 4 is 22.7 Å². The van der Waals surface area contributed by atoms with Gasteiger partial charge in [-0.05, 0) is 37.6 Å². The summed E-state index contributed by atoms with van der Waals surface area (Å²) in [5.74, 6) is -0.590. The van der Waals surface area contributed by atoms with Crippen LogP contribution >= 0.6 is 0 Å². The molecule has 162 valence electrons. The Morgan fingerprint density at radius 2 is 1.59 bits per heavy atom. The van der Waals surface area contributed by atoms with E-state index in [-0.39, 0.29) is 12.3 Å². The largest absolute Gasteiger partial charge is 0.370 e. The van der Waals surface area contributed by atoms with Crippen LogP contribution in [0.3, 0.4) is 0 Å². The Bertz CT molecular complexity index is 1240. The molecule has 0 bridgehead atoms. The number of carbonyl (C=O) groups is 2. The number of para-hydroxylation sites is 1. The van der Waals surface area contributed by atoms with Crippen LogP contribution in [0.15, 0.2) is 79.0 Å². The maximum atomic E-state index is 13.7. The SMILES string of the molecule is Cc1cc(C)cc(CN(C(=O)c2ccccc2)C(CC(N)=O)c2c[nH]c3ccccc23)c1. The lowest BCUT2D eigenvalue weighted by atomic mass is 9.98. The Hall–Kier alpha value is -3.86. The van der Waals surface area contributed by atoms with Gasteiger partial charge in [-0.1, -0.05) is 65.7 Å². The van der Waals surface area contributed by atoms with Gasteiger partial charge in [0.2, 0.25) is 5.91 Å². The topological polar surface area (TPSA) is 79.2 Å². The van der Waals surface area contributed by atoms with Crippen molar-refractivity contribution in [2.24, 2.45) is 5.73 Å². The number of rotatable bonds is 7. The van der Waals surface area contributed by atoms with Crippen LogP contribution in [0.5, 0.6) is 0 Å². The number of nitrogens with zero attached hydrogens (tertiary/aromatic N) is 1. The lowest BCUT2D eigenvalue weighted by molar-refractivity contribution is -0.119. The van der Waals surface area contributed by atoms with Crippen LogP contribution in [0.4, 0.5) is 0 Å². The van der Waals surface area contributed by atoms with Gasteiger partial charge >= 0.3 is 0 Å². The Morgan fingerprint density at radius 1 is 0.938 bits per heavy atom. The number of fused-ring (bicyclic) bond motifs is 1. The Labute approximate surface area is 187 Å². The summed E-state index contributed by atoms with van der Waals surface area (Å²) >= 11 is 0. The van der Waals surface area contributed by atoms with Crippen LogP contribution < -0.4 is 5.73 Å². The number of aryl methyl sites for hydroxylation is 2. The van der Waals surface area contributed by atoms with E-state index in [2.05, 4.69) is 23.2 Å². The zero-order valence-electron chi connectivity index (χ0n) is 18.3. The Balaban J connectivity index is 1.84. The molecular weight excluding hydrogens is 398 g/mol. The number of hydrogen-bond acceptors (Lipinski definition) is 2. The van der Waals surface area contributed by atoms with Crippen LogP contribution in [-0.4, -0.2) is 21.7 Å². The average molecular weight is 426 g/mol. The molecule has 5 heteroatoms. The molecule has 0 radical (unpaired) electrons. The summed E-state index contributed by atoms with van der Waals surface area (Å²) in [6.45, 7) is 4.45. The third kappa shape index (κ3) is 4.57. The van der Waals surface area contributed by atoms with E-state index in [1.165, 1.54) is 0 Å². The highest BCUT2D eigenvalue weighted by atomic mass is 16.2. The van der Waals surface area contributed by atoms with Gasteiger partial charge < -0.3 is 15.6 Å². The van der Waals surface area contributed by atoms with Gasteiger partial charge in [0.25, 0.3) is 5.91 Å². The Kier molecular flexibility index (Phi) is 6.08. The van der Waals surface area contributed by atoms with E-state index in [9.17, 15) is 9.59 Å². The molecule has 0 aliphatic rings. The van der Waals surface area contributed by atoms with Crippen LogP contribution in [0.2, 0.25) is 0 Å². The van der Waals surface area contributed by atoms with Crippen LogP contribution in [0, 0.1) is 13.8 Å². The van der Waals surface area contributed by atoms with E-state index in [4.69, 9.17) is 5.73 Å². The fourth-order valence-corrected chi connectivity index (χ4v) is 4.38. The molecule has 1 unspecified atom stereocenters. The van der Waals surface area contributed by atoms with Crippen LogP contribution in [0.25, 0.3) is 10.9 Å². The first-order valence-corrected chi connectivity index (χ1v) is 10.7. The second kappa shape index (κ2) is 9.10. The molecule has 2 amide bonds. The summed E-state index contributed by atoms with van der Waals surface area (Å²) in [5.41, 5.74) is 11.4.